The third kappa shape index (κ3) is 2.85. The van der Waals surface area contributed by atoms with E-state index in [1.807, 2.05) is 0 Å². The minimum atomic E-state index is -4.22. The summed E-state index contributed by atoms with van der Waals surface area (Å²) >= 11 is 0. The first-order valence-corrected chi connectivity index (χ1v) is 8.99. The van der Waals surface area contributed by atoms with Crippen molar-refractivity contribution in [3.05, 3.63) is 70.6 Å². The second-order valence-corrected chi connectivity index (χ2v) is 7.62. The maximum Gasteiger partial charge on any atom is 0.353 e. The molecule has 3 rings (SSSR count). The second kappa shape index (κ2) is 6.32. The maximum absolute atomic E-state index is 12.8. The number of aromatic nitrogens is 1. The van der Waals surface area contributed by atoms with Gasteiger partial charge in [0.25, 0.3) is 5.91 Å². The van der Waals surface area contributed by atoms with E-state index < -0.39 is 49.2 Å². The summed E-state index contributed by atoms with van der Waals surface area (Å²) in [7, 11) is -4.22. The summed E-state index contributed by atoms with van der Waals surface area (Å²) in [6.07, 6.45) is 4.11. The summed E-state index contributed by atoms with van der Waals surface area (Å²) < 4.78 is 25.6. The van der Waals surface area contributed by atoms with E-state index in [1.165, 1.54) is 12.3 Å². The van der Waals surface area contributed by atoms with Crippen molar-refractivity contribution in [2.75, 3.05) is 0 Å². The highest BCUT2D eigenvalue weighted by atomic mass is 32.2. The number of β-lactam (4-membered cyclic amide) rings is 1. The predicted molar refractivity (Wildman–Crippen MR) is 92.3 cm³/mol. The quantitative estimate of drug-likeness (QED) is 0.563. The number of carboxylic acid groups (broad SMARTS) is 2. The van der Waals surface area contributed by atoms with E-state index in [0.29, 0.717) is 16.7 Å². The third-order valence-corrected chi connectivity index (χ3v) is 5.95. The SMILES string of the molecule is C=C1C(C=CC(=O)O)=C(C(=O)O)N2C(=O)C(=Cc3ccccn3)[C@@H]2S1(=O)=O. The molecule has 2 aliphatic heterocycles. The number of nitrogens with zero attached hydrogens (tertiary/aromatic N) is 2. The van der Waals surface area contributed by atoms with E-state index in [4.69, 9.17) is 5.11 Å². The predicted octanol–water partition coefficient (Wildman–Crippen LogP) is 0.555. The zero-order valence-electron chi connectivity index (χ0n) is 13.6. The number of hydrogen-bond donors (Lipinski definition) is 2. The van der Waals surface area contributed by atoms with Gasteiger partial charge >= 0.3 is 11.9 Å². The molecular formula is C17H12N2O7S. The highest BCUT2D eigenvalue weighted by Crippen LogP contribution is 2.45. The first-order valence-electron chi connectivity index (χ1n) is 7.44. The number of carbonyl (C=O) groups is 3. The minimum Gasteiger partial charge on any atom is -0.478 e. The lowest BCUT2D eigenvalue weighted by Gasteiger charge is -2.45. The van der Waals surface area contributed by atoms with Crippen LogP contribution >= 0.6 is 0 Å². The van der Waals surface area contributed by atoms with Crippen LogP contribution in [0.2, 0.25) is 0 Å². The van der Waals surface area contributed by atoms with E-state index in [-0.39, 0.29) is 5.57 Å². The van der Waals surface area contributed by atoms with Crippen LogP contribution in [0.3, 0.4) is 0 Å². The molecule has 27 heavy (non-hydrogen) atoms. The minimum absolute atomic E-state index is 0.144. The Morgan fingerprint density at radius 2 is 1.96 bits per heavy atom. The molecule has 10 heteroatoms. The summed E-state index contributed by atoms with van der Waals surface area (Å²) in [4.78, 5) is 38.9. The van der Waals surface area contributed by atoms with Crippen LogP contribution in [0.1, 0.15) is 5.69 Å². The third-order valence-electron chi connectivity index (χ3n) is 3.99. The van der Waals surface area contributed by atoms with Crippen molar-refractivity contribution >= 4 is 33.8 Å². The van der Waals surface area contributed by atoms with Gasteiger partial charge in [-0.1, -0.05) is 12.6 Å². The normalized spacial score (nSPS) is 22.7. The van der Waals surface area contributed by atoms with Crippen molar-refractivity contribution in [1.29, 1.82) is 0 Å². The monoisotopic (exact) mass is 388 g/mol. The standard InChI is InChI=1S/C17H12N2O7S/c1-9-11(5-6-13(20)21)14(17(23)24)19-15(22)12(16(19)27(9,25)26)8-10-4-2-3-7-18-10/h2-8,16H,1H2,(H,20,21)(H,23,24)/t16-/m0/s1. The number of pyridine rings is 1. The van der Waals surface area contributed by atoms with Crippen LogP contribution in [0.5, 0.6) is 0 Å². The number of allylic oxidation sites excluding steroid dienone is 2. The number of carbonyl (C=O) groups excluding carboxylic acids is 1. The van der Waals surface area contributed by atoms with Gasteiger partial charge in [0, 0.05) is 17.8 Å². The molecule has 0 aliphatic carbocycles. The van der Waals surface area contributed by atoms with Crippen LogP contribution in [-0.4, -0.2) is 51.7 Å². The number of sulfone groups is 1. The average Bonchev–Trinajstić information content (AvgIpc) is 2.61. The fourth-order valence-corrected chi connectivity index (χ4v) is 4.52. The van der Waals surface area contributed by atoms with Crippen molar-refractivity contribution in [3.63, 3.8) is 0 Å². The number of carboxylic acids is 2. The Balaban J connectivity index is 2.18. The molecular weight excluding hydrogens is 376 g/mol. The van der Waals surface area contributed by atoms with Crippen LogP contribution in [-0.2, 0) is 24.2 Å². The van der Waals surface area contributed by atoms with Gasteiger partial charge in [-0.15, -0.1) is 0 Å². The number of hydrogen-bond acceptors (Lipinski definition) is 6. The van der Waals surface area contributed by atoms with Crippen molar-refractivity contribution in [2.24, 2.45) is 0 Å². The van der Waals surface area contributed by atoms with Gasteiger partial charge in [-0.2, -0.15) is 0 Å². The molecule has 2 N–H and O–H groups in total. The van der Waals surface area contributed by atoms with Gasteiger partial charge in [0.1, 0.15) is 5.70 Å². The molecule has 1 aromatic heterocycles. The van der Waals surface area contributed by atoms with Crippen LogP contribution in [0.4, 0.5) is 0 Å². The number of amides is 1. The van der Waals surface area contributed by atoms with Gasteiger partial charge in [0.2, 0.25) is 9.84 Å². The lowest BCUT2D eigenvalue weighted by molar-refractivity contribution is -0.141. The molecule has 0 radical (unpaired) electrons. The molecule has 3 heterocycles. The second-order valence-electron chi connectivity index (χ2n) is 5.59. The Kier molecular flexibility index (Phi) is 4.28. The Labute approximate surface area is 153 Å². The zero-order valence-corrected chi connectivity index (χ0v) is 14.4. The average molecular weight is 388 g/mol. The molecule has 0 saturated carbocycles. The van der Waals surface area contributed by atoms with Gasteiger partial charge in [-0.25, -0.2) is 18.0 Å². The Morgan fingerprint density at radius 3 is 2.52 bits per heavy atom. The lowest BCUT2D eigenvalue weighted by Crippen LogP contribution is -2.61. The van der Waals surface area contributed by atoms with Crippen molar-refractivity contribution in [1.82, 2.24) is 9.88 Å². The van der Waals surface area contributed by atoms with Crippen molar-refractivity contribution in [2.45, 2.75) is 5.37 Å². The summed E-state index contributed by atoms with van der Waals surface area (Å²) in [5.41, 5.74) is -0.902. The topological polar surface area (TPSA) is 142 Å². The Bertz CT molecular complexity index is 1080. The molecule has 1 saturated heterocycles. The van der Waals surface area contributed by atoms with Crippen LogP contribution in [0, 0.1) is 0 Å². The summed E-state index contributed by atoms with van der Waals surface area (Å²) in [6, 6.07) is 4.84. The van der Waals surface area contributed by atoms with Gasteiger partial charge in [-0.05, 0) is 24.3 Å². The fraction of sp³-hybridized carbons (Fsp3) is 0.0588. The lowest BCUT2D eigenvalue weighted by atomic mass is 10.00. The number of fused-ring (bicyclic) bond motifs is 1. The number of aliphatic carboxylic acids is 2. The molecule has 0 bridgehead atoms. The Morgan fingerprint density at radius 1 is 1.26 bits per heavy atom. The molecule has 1 amide bonds. The molecule has 0 spiro atoms. The summed E-state index contributed by atoms with van der Waals surface area (Å²) in [5, 5.41) is 16.7. The first-order chi connectivity index (χ1) is 12.7. The Hall–Kier alpha value is -3.53. The van der Waals surface area contributed by atoms with E-state index in [2.05, 4.69) is 11.6 Å². The van der Waals surface area contributed by atoms with E-state index in [1.54, 1.807) is 18.2 Å². The van der Waals surface area contributed by atoms with Crippen LogP contribution < -0.4 is 0 Å². The first kappa shape index (κ1) is 18.3. The summed E-state index contributed by atoms with van der Waals surface area (Å²) in [5.74, 6) is -3.81. The van der Waals surface area contributed by atoms with Gasteiger partial charge in [0.05, 0.1) is 16.2 Å². The molecule has 1 aromatic rings. The van der Waals surface area contributed by atoms with Crippen molar-refractivity contribution < 1.29 is 33.0 Å². The van der Waals surface area contributed by atoms with Gasteiger partial charge in [-0.3, -0.25) is 14.7 Å². The smallest absolute Gasteiger partial charge is 0.353 e. The molecule has 138 valence electrons. The summed E-state index contributed by atoms with van der Waals surface area (Å²) in [6.45, 7) is 3.41. The van der Waals surface area contributed by atoms with E-state index in [9.17, 15) is 27.9 Å². The molecule has 1 fully saturated rings. The van der Waals surface area contributed by atoms with Crippen LogP contribution in [0.15, 0.2) is 64.9 Å². The highest BCUT2D eigenvalue weighted by molar-refractivity contribution is 7.96. The fourth-order valence-electron chi connectivity index (χ4n) is 2.80. The van der Waals surface area contributed by atoms with Crippen LogP contribution in [0.25, 0.3) is 6.08 Å². The zero-order chi connectivity index (χ0) is 19.9. The molecule has 0 unspecified atom stereocenters. The van der Waals surface area contributed by atoms with E-state index in [0.717, 1.165) is 6.08 Å². The molecule has 9 nitrogen and oxygen atoms in total. The maximum atomic E-state index is 12.8. The largest absolute Gasteiger partial charge is 0.478 e. The molecule has 1 atom stereocenters. The highest BCUT2D eigenvalue weighted by Gasteiger charge is 2.57. The molecule has 2 aliphatic rings. The van der Waals surface area contributed by atoms with Gasteiger partial charge < -0.3 is 10.2 Å². The number of rotatable bonds is 4. The van der Waals surface area contributed by atoms with E-state index >= 15 is 0 Å². The molecule has 0 aromatic carbocycles. The van der Waals surface area contributed by atoms with Gasteiger partial charge in [0.15, 0.2) is 5.37 Å². The van der Waals surface area contributed by atoms with Crippen molar-refractivity contribution in [3.8, 4) is 0 Å².